The first-order valence-electron chi connectivity index (χ1n) is 18.3. The van der Waals surface area contributed by atoms with Crippen molar-refractivity contribution in [2.45, 2.75) is 0 Å². The molecule has 0 spiro atoms. The molecule has 0 amide bonds. The van der Waals surface area contributed by atoms with Crippen molar-refractivity contribution in [1.29, 1.82) is 0 Å². The van der Waals surface area contributed by atoms with Crippen LogP contribution in [0, 0.1) is 0 Å². The molecule has 0 bridgehead atoms. The highest BCUT2D eigenvalue weighted by Gasteiger charge is 2.16. The normalized spacial score (nSPS) is 11.4. The van der Waals surface area contributed by atoms with Crippen LogP contribution in [0.2, 0.25) is 0 Å². The number of hydrogen-bond donors (Lipinski definition) is 0. The number of anilines is 3. The van der Waals surface area contributed by atoms with E-state index in [4.69, 9.17) is 0 Å². The Balaban J connectivity index is 1.09. The highest BCUT2D eigenvalue weighted by Crippen LogP contribution is 2.41. The lowest BCUT2D eigenvalue weighted by molar-refractivity contribution is 1.28. The average Bonchev–Trinajstić information content (AvgIpc) is 3.24. The quantitative estimate of drug-likeness (QED) is 0.159. The van der Waals surface area contributed by atoms with E-state index in [2.05, 4.69) is 217 Å². The van der Waals surface area contributed by atoms with E-state index >= 15 is 0 Å². The van der Waals surface area contributed by atoms with Crippen molar-refractivity contribution in [3.8, 4) is 33.4 Å². The van der Waals surface area contributed by atoms with E-state index in [9.17, 15) is 0 Å². The van der Waals surface area contributed by atoms with Crippen LogP contribution in [0.25, 0.3) is 76.5 Å². The van der Waals surface area contributed by atoms with E-state index < -0.39 is 0 Å². The van der Waals surface area contributed by atoms with Crippen molar-refractivity contribution in [3.63, 3.8) is 0 Å². The van der Waals surface area contributed by atoms with Gasteiger partial charge in [0.2, 0.25) is 0 Å². The van der Waals surface area contributed by atoms with Crippen LogP contribution in [0.1, 0.15) is 0 Å². The smallest absolute Gasteiger partial charge is 0.0467 e. The zero-order chi connectivity index (χ0) is 35.1. The van der Waals surface area contributed by atoms with Crippen molar-refractivity contribution >= 4 is 60.2 Å². The van der Waals surface area contributed by atoms with Crippen LogP contribution in [0.4, 0.5) is 17.1 Å². The van der Waals surface area contributed by atoms with Gasteiger partial charge in [-0.1, -0.05) is 176 Å². The van der Waals surface area contributed by atoms with Gasteiger partial charge in [-0.15, -0.1) is 0 Å². The van der Waals surface area contributed by atoms with E-state index in [0.717, 1.165) is 17.1 Å². The van der Waals surface area contributed by atoms with Crippen LogP contribution in [0.3, 0.4) is 0 Å². The Morgan fingerprint density at radius 2 is 0.660 bits per heavy atom. The Labute approximate surface area is 309 Å². The zero-order valence-corrected chi connectivity index (χ0v) is 29.2. The third-order valence-corrected chi connectivity index (χ3v) is 10.7. The summed E-state index contributed by atoms with van der Waals surface area (Å²) in [5, 5.41) is 10.1. The van der Waals surface area contributed by atoms with Crippen molar-refractivity contribution in [2.75, 3.05) is 4.90 Å². The molecule has 10 rings (SSSR count). The molecule has 1 heteroatoms. The van der Waals surface area contributed by atoms with Crippen LogP contribution in [-0.4, -0.2) is 0 Å². The number of rotatable bonds is 6. The van der Waals surface area contributed by atoms with Gasteiger partial charge >= 0.3 is 0 Å². The summed E-state index contributed by atoms with van der Waals surface area (Å²) in [6.07, 6.45) is 0. The zero-order valence-electron chi connectivity index (χ0n) is 29.2. The molecule has 248 valence electrons. The van der Waals surface area contributed by atoms with Gasteiger partial charge in [-0.05, 0) is 113 Å². The molecule has 0 saturated heterocycles. The van der Waals surface area contributed by atoms with Crippen LogP contribution >= 0.6 is 0 Å². The Morgan fingerprint density at radius 1 is 0.226 bits per heavy atom. The molecule has 0 unspecified atom stereocenters. The van der Waals surface area contributed by atoms with Gasteiger partial charge in [0.15, 0.2) is 0 Å². The number of hydrogen-bond acceptors (Lipinski definition) is 1. The Bertz CT molecular complexity index is 2930. The third-order valence-electron chi connectivity index (χ3n) is 10.7. The lowest BCUT2D eigenvalue weighted by Crippen LogP contribution is -2.10. The average molecular weight is 674 g/mol. The fourth-order valence-electron chi connectivity index (χ4n) is 8.09. The number of fused-ring (bicyclic) bond motifs is 5. The first-order valence-corrected chi connectivity index (χ1v) is 18.3. The molecule has 0 N–H and O–H groups in total. The van der Waals surface area contributed by atoms with Gasteiger partial charge in [-0.3, -0.25) is 0 Å². The first kappa shape index (κ1) is 30.8. The maximum absolute atomic E-state index is 2.38. The molecular weight excluding hydrogens is 639 g/mol. The Kier molecular flexibility index (Phi) is 7.55. The van der Waals surface area contributed by atoms with E-state index in [-0.39, 0.29) is 0 Å². The summed E-state index contributed by atoms with van der Waals surface area (Å²) in [6, 6.07) is 77.2. The number of benzene rings is 10. The molecule has 0 radical (unpaired) electrons. The molecule has 0 heterocycles. The minimum absolute atomic E-state index is 1.10. The summed E-state index contributed by atoms with van der Waals surface area (Å²) in [4.78, 5) is 2.38. The third kappa shape index (κ3) is 5.51. The summed E-state index contributed by atoms with van der Waals surface area (Å²) in [7, 11) is 0. The fraction of sp³-hybridized carbons (Fsp3) is 0. The first-order chi connectivity index (χ1) is 26.3. The predicted molar refractivity (Wildman–Crippen MR) is 227 cm³/mol. The van der Waals surface area contributed by atoms with Crippen molar-refractivity contribution < 1.29 is 0 Å². The van der Waals surface area contributed by atoms with Crippen molar-refractivity contribution in [2.24, 2.45) is 0 Å². The van der Waals surface area contributed by atoms with Gasteiger partial charge in [-0.2, -0.15) is 0 Å². The lowest BCUT2D eigenvalue weighted by Gasteiger charge is -2.26. The molecule has 10 aromatic carbocycles. The maximum Gasteiger partial charge on any atom is 0.0467 e. The molecule has 0 aliphatic rings. The standard InChI is InChI=1S/C52H35N/c1-4-18-45-36(11-1)14-8-21-47(45)39-25-30-42(31-26-39)53(44-17-7-16-41(35-44)50-22-9-15-37-12-2-5-19-46(37)50)43-32-27-40(28-33-43)49-23-10-24-51-48-20-6-3-13-38(48)29-34-52(49)51/h1-35H. The molecule has 0 atom stereocenters. The second kappa shape index (κ2) is 13.0. The van der Waals surface area contributed by atoms with Crippen LogP contribution in [-0.2, 0) is 0 Å². The monoisotopic (exact) mass is 673 g/mol. The summed E-state index contributed by atoms with van der Waals surface area (Å²) >= 11 is 0. The van der Waals surface area contributed by atoms with Gasteiger partial charge in [-0.25, -0.2) is 0 Å². The molecule has 0 fully saturated rings. The van der Waals surface area contributed by atoms with E-state index in [1.165, 1.54) is 76.5 Å². The highest BCUT2D eigenvalue weighted by atomic mass is 15.1. The van der Waals surface area contributed by atoms with Gasteiger partial charge in [0.1, 0.15) is 0 Å². The van der Waals surface area contributed by atoms with Gasteiger partial charge < -0.3 is 4.90 Å². The molecule has 0 aliphatic carbocycles. The molecule has 10 aromatic rings. The van der Waals surface area contributed by atoms with Gasteiger partial charge in [0, 0.05) is 17.1 Å². The van der Waals surface area contributed by atoms with E-state index in [0.29, 0.717) is 0 Å². The van der Waals surface area contributed by atoms with Crippen LogP contribution in [0.5, 0.6) is 0 Å². The molecule has 0 saturated carbocycles. The minimum Gasteiger partial charge on any atom is -0.310 e. The summed E-state index contributed by atoms with van der Waals surface area (Å²) in [5.41, 5.74) is 10.6. The number of nitrogens with zero attached hydrogens (tertiary/aromatic N) is 1. The summed E-state index contributed by atoms with van der Waals surface area (Å²) in [5.74, 6) is 0. The van der Waals surface area contributed by atoms with Gasteiger partial charge in [0.05, 0.1) is 0 Å². The van der Waals surface area contributed by atoms with Crippen LogP contribution in [0.15, 0.2) is 212 Å². The SMILES string of the molecule is c1cc(-c2cccc3ccccc23)cc(N(c2ccc(-c3cccc4ccccc34)cc2)c2ccc(-c3cccc4c3ccc3ccccc34)cc2)c1. The second-order valence-electron chi connectivity index (χ2n) is 13.7. The van der Waals surface area contributed by atoms with Crippen molar-refractivity contribution in [3.05, 3.63) is 212 Å². The molecule has 53 heavy (non-hydrogen) atoms. The molecule has 0 aliphatic heterocycles. The topological polar surface area (TPSA) is 3.24 Å². The fourth-order valence-corrected chi connectivity index (χ4v) is 8.09. The predicted octanol–water partition coefficient (Wildman–Crippen LogP) is 14.8. The molecule has 0 aromatic heterocycles. The Hall–Kier alpha value is -6.96. The molecular formula is C52H35N. The summed E-state index contributed by atoms with van der Waals surface area (Å²) < 4.78 is 0. The van der Waals surface area contributed by atoms with Gasteiger partial charge in [0.25, 0.3) is 0 Å². The Morgan fingerprint density at radius 3 is 1.26 bits per heavy atom. The lowest BCUT2D eigenvalue weighted by atomic mass is 9.94. The summed E-state index contributed by atoms with van der Waals surface area (Å²) in [6.45, 7) is 0. The minimum atomic E-state index is 1.10. The molecule has 1 nitrogen and oxygen atoms in total. The largest absolute Gasteiger partial charge is 0.310 e. The highest BCUT2D eigenvalue weighted by molar-refractivity contribution is 6.12. The van der Waals surface area contributed by atoms with E-state index in [1.807, 2.05) is 0 Å². The second-order valence-corrected chi connectivity index (χ2v) is 13.7. The maximum atomic E-state index is 2.38. The van der Waals surface area contributed by atoms with E-state index in [1.54, 1.807) is 0 Å². The van der Waals surface area contributed by atoms with Crippen molar-refractivity contribution in [1.82, 2.24) is 0 Å². The van der Waals surface area contributed by atoms with Crippen LogP contribution < -0.4 is 4.90 Å².